The third-order valence-corrected chi connectivity index (χ3v) is 13.2. The lowest BCUT2D eigenvalue weighted by Crippen LogP contribution is -2.42. The van der Waals surface area contributed by atoms with Gasteiger partial charge in [0.1, 0.15) is 48.6 Å². The van der Waals surface area contributed by atoms with Crippen molar-refractivity contribution < 1.29 is 63.0 Å². The summed E-state index contributed by atoms with van der Waals surface area (Å²) < 4.78 is 26.7. The van der Waals surface area contributed by atoms with Gasteiger partial charge in [0.25, 0.3) is 0 Å². The standard InChI is InChI=1S/C27H24N2O5.C20H20N2O5.C12H14N2O3/c1-33-24-12-6-11-22-25(24)16(14-28-22)13-23(26(30)31)29-27(32)34-15-21-19-9-4-2-7-17(19)18-8-3-5-10-20(18)21;1-26-17-9-5-8-15-18(17)14(11-21-15)10-16(19(23)24)22-20(25)27-12-13-6-3-2-4-7-13;1-17-10-4-2-3-9-11(10)7(6-14-9)5-8(13)12(15)16/h2-12,14,21,23,28H,13,15H2,1H3,(H,29,32)(H,30,31);2-9,11,16,21H,10,12H2,1H3,(H,22,25)(H,23,24);2-4,6,8,14H,5,13H2,1H3,(H,15,16)/t23-;16-;8-/m000/s1. The van der Waals surface area contributed by atoms with Crippen molar-refractivity contribution in [1.82, 2.24) is 25.6 Å². The van der Waals surface area contributed by atoms with E-state index in [-0.39, 0.29) is 38.4 Å². The number of nitrogens with one attached hydrogen (secondary N) is 5. The minimum atomic E-state index is -1.15. The van der Waals surface area contributed by atoms with Crippen molar-refractivity contribution in [3.8, 4) is 28.4 Å². The minimum Gasteiger partial charge on any atom is -0.496 e. The van der Waals surface area contributed by atoms with Crippen LogP contribution in [-0.4, -0.2) is 106 Å². The maximum Gasteiger partial charge on any atom is 0.408 e. The second-order valence-corrected chi connectivity index (χ2v) is 18.1. The second-order valence-electron chi connectivity index (χ2n) is 18.1. The number of hydrogen-bond donors (Lipinski definition) is 9. The van der Waals surface area contributed by atoms with E-state index in [0.717, 1.165) is 83.0 Å². The van der Waals surface area contributed by atoms with Crippen molar-refractivity contribution in [2.75, 3.05) is 27.9 Å². The summed E-state index contributed by atoms with van der Waals surface area (Å²) in [6.45, 7) is 0.188. The Hall–Kier alpha value is -9.75. The smallest absolute Gasteiger partial charge is 0.408 e. The van der Waals surface area contributed by atoms with E-state index < -0.39 is 48.2 Å². The molecule has 78 heavy (non-hydrogen) atoms. The molecule has 3 aromatic heterocycles. The molecule has 9 aromatic rings. The van der Waals surface area contributed by atoms with Gasteiger partial charge in [0.05, 0.1) is 21.3 Å². The number of nitrogens with two attached hydrogens (primary N) is 1. The van der Waals surface area contributed by atoms with Crippen LogP contribution in [0.3, 0.4) is 0 Å². The topological polar surface area (TPSA) is 290 Å². The summed E-state index contributed by atoms with van der Waals surface area (Å²) in [4.78, 5) is 68.2. The van der Waals surface area contributed by atoms with Gasteiger partial charge < -0.3 is 70.3 Å². The Morgan fingerprint density at radius 2 is 0.897 bits per heavy atom. The van der Waals surface area contributed by atoms with Crippen molar-refractivity contribution in [2.24, 2.45) is 5.73 Å². The Balaban J connectivity index is 0.000000163. The number of alkyl carbamates (subject to hydrolysis) is 2. The van der Waals surface area contributed by atoms with Crippen LogP contribution in [0.4, 0.5) is 9.59 Å². The number of ether oxygens (including phenoxy) is 5. The molecule has 3 heterocycles. The van der Waals surface area contributed by atoms with Crippen molar-refractivity contribution in [2.45, 2.75) is 49.9 Å². The first-order valence-electron chi connectivity index (χ1n) is 24.7. The Bertz CT molecular complexity index is 3530. The molecule has 1 aliphatic carbocycles. The zero-order chi connectivity index (χ0) is 55.3. The second kappa shape index (κ2) is 25.2. The van der Waals surface area contributed by atoms with E-state index in [9.17, 15) is 34.2 Å². The molecule has 0 bridgehead atoms. The third-order valence-electron chi connectivity index (χ3n) is 13.2. The van der Waals surface area contributed by atoms with Gasteiger partial charge >= 0.3 is 30.1 Å². The summed E-state index contributed by atoms with van der Waals surface area (Å²) >= 11 is 0. The largest absolute Gasteiger partial charge is 0.496 e. The van der Waals surface area contributed by atoms with Crippen LogP contribution in [0.25, 0.3) is 43.8 Å². The number of hydrogen-bond acceptors (Lipinski definition) is 11. The van der Waals surface area contributed by atoms with E-state index in [1.807, 2.05) is 115 Å². The monoisotopic (exact) mass is 1060 g/mol. The zero-order valence-corrected chi connectivity index (χ0v) is 42.8. The number of aromatic amines is 3. The summed E-state index contributed by atoms with van der Waals surface area (Å²) in [5.41, 5.74) is 15.7. The molecule has 6 aromatic carbocycles. The number of methoxy groups -OCH3 is 3. The van der Waals surface area contributed by atoms with Crippen LogP contribution < -0.4 is 30.6 Å². The molecule has 0 saturated carbocycles. The van der Waals surface area contributed by atoms with E-state index in [2.05, 4.69) is 37.7 Å². The fourth-order valence-electron chi connectivity index (χ4n) is 9.51. The number of H-pyrrole nitrogens is 3. The summed E-state index contributed by atoms with van der Waals surface area (Å²) in [7, 11) is 4.71. The van der Waals surface area contributed by atoms with Crippen molar-refractivity contribution in [3.05, 3.63) is 185 Å². The van der Waals surface area contributed by atoms with Gasteiger partial charge in [-0.3, -0.25) is 4.79 Å². The number of carbonyl (C=O) groups is 5. The van der Waals surface area contributed by atoms with Gasteiger partial charge in [-0.2, -0.15) is 0 Å². The molecule has 0 radical (unpaired) electrons. The molecule has 1 aliphatic rings. The van der Waals surface area contributed by atoms with Crippen LogP contribution in [0.15, 0.2) is 152 Å². The lowest BCUT2D eigenvalue weighted by molar-refractivity contribution is -0.140. The first kappa shape index (κ1) is 54.5. The zero-order valence-electron chi connectivity index (χ0n) is 42.8. The number of carboxylic acid groups (broad SMARTS) is 3. The maximum absolute atomic E-state index is 12.6. The molecule has 0 unspecified atom stereocenters. The van der Waals surface area contributed by atoms with Crippen molar-refractivity contribution in [3.63, 3.8) is 0 Å². The molecule has 2 amide bonds. The quantitative estimate of drug-likeness (QED) is 0.0388. The summed E-state index contributed by atoms with van der Waals surface area (Å²) in [5, 5.41) is 35.5. The van der Waals surface area contributed by atoms with E-state index >= 15 is 0 Å². The molecule has 19 nitrogen and oxygen atoms in total. The van der Waals surface area contributed by atoms with Crippen LogP contribution >= 0.6 is 0 Å². The number of rotatable bonds is 18. The normalized spacial score (nSPS) is 12.6. The van der Waals surface area contributed by atoms with Gasteiger partial charge in [-0.15, -0.1) is 0 Å². The molecular weight excluding hydrogens is 1000 g/mol. The third kappa shape index (κ3) is 12.7. The van der Waals surface area contributed by atoms with Gasteiger partial charge in [0.15, 0.2) is 0 Å². The Kier molecular flexibility index (Phi) is 17.6. The molecule has 402 valence electrons. The highest BCUT2D eigenvalue weighted by Crippen LogP contribution is 2.44. The minimum absolute atomic E-state index is 0.0694. The number of fused-ring (bicyclic) bond motifs is 6. The molecule has 3 atom stereocenters. The average molecular weight is 1060 g/mol. The van der Waals surface area contributed by atoms with Gasteiger partial charge in [-0.1, -0.05) is 97.1 Å². The maximum atomic E-state index is 12.6. The number of aromatic nitrogens is 3. The predicted molar refractivity (Wildman–Crippen MR) is 292 cm³/mol. The molecular formula is C59H58N6O13. The Morgan fingerprint density at radius 3 is 1.31 bits per heavy atom. The van der Waals surface area contributed by atoms with Crippen LogP contribution in [-0.2, 0) is 49.7 Å². The van der Waals surface area contributed by atoms with Gasteiger partial charge in [-0.25, -0.2) is 19.2 Å². The number of benzene rings is 6. The van der Waals surface area contributed by atoms with E-state index in [4.69, 9.17) is 34.5 Å². The lowest BCUT2D eigenvalue weighted by Gasteiger charge is -2.17. The number of amides is 2. The SMILES string of the molecule is COc1cccc2[nH]cc(C[C@H](N)C(=O)O)c12.COc1cccc2[nH]cc(C[C@H](NC(=O)OCC3c4ccccc4-c4ccccc43)C(=O)O)c12.COc1cccc2[nH]cc(C[C@H](NC(=O)OCc3ccccc3)C(=O)O)c12. The lowest BCUT2D eigenvalue weighted by atomic mass is 9.98. The Labute approximate surface area is 447 Å². The van der Waals surface area contributed by atoms with Gasteiger partial charge in [0.2, 0.25) is 0 Å². The van der Waals surface area contributed by atoms with Crippen LogP contribution in [0.2, 0.25) is 0 Å². The van der Waals surface area contributed by atoms with Crippen LogP contribution in [0, 0.1) is 0 Å². The van der Waals surface area contributed by atoms with E-state index in [1.165, 1.54) is 0 Å². The predicted octanol–water partition coefficient (Wildman–Crippen LogP) is 8.94. The molecule has 0 aliphatic heterocycles. The molecule has 10 N–H and O–H groups in total. The molecule has 0 fully saturated rings. The van der Waals surface area contributed by atoms with E-state index in [1.54, 1.807) is 46.0 Å². The fourth-order valence-corrected chi connectivity index (χ4v) is 9.51. The molecule has 0 spiro atoms. The van der Waals surface area contributed by atoms with Crippen molar-refractivity contribution in [1.29, 1.82) is 0 Å². The summed E-state index contributed by atoms with van der Waals surface area (Å²) in [5.74, 6) is -1.39. The van der Waals surface area contributed by atoms with Crippen LogP contribution in [0.1, 0.15) is 39.3 Å². The summed E-state index contributed by atoms with van der Waals surface area (Å²) in [6, 6.07) is 38.8. The highest BCUT2D eigenvalue weighted by atomic mass is 16.6. The Morgan fingerprint density at radius 1 is 0.500 bits per heavy atom. The molecule has 10 rings (SSSR count). The number of aliphatic carboxylic acids is 3. The number of carbonyl (C=O) groups excluding carboxylic acids is 2. The summed E-state index contributed by atoms with van der Waals surface area (Å²) in [6.07, 6.45) is 4.14. The average Bonchev–Trinajstić information content (AvgIpc) is 4.28. The van der Waals surface area contributed by atoms with Gasteiger partial charge in [-0.05, 0) is 80.9 Å². The highest BCUT2D eigenvalue weighted by Gasteiger charge is 2.31. The van der Waals surface area contributed by atoms with E-state index in [0.29, 0.717) is 11.5 Å². The number of carboxylic acids is 3. The van der Waals surface area contributed by atoms with Crippen LogP contribution in [0.5, 0.6) is 17.2 Å². The highest BCUT2D eigenvalue weighted by molar-refractivity contribution is 5.92. The first-order valence-corrected chi connectivity index (χ1v) is 24.7. The fraction of sp³-hybridized carbons (Fsp3) is 0.203. The first-order chi connectivity index (χ1) is 37.8. The van der Waals surface area contributed by atoms with Gasteiger partial charge in [0, 0.05) is 76.5 Å². The molecule has 19 heteroatoms. The van der Waals surface area contributed by atoms with Crippen molar-refractivity contribution >= 4 is 62.8 Å². The molecule has 0 saturated heterocycles.